The third-order valence-electron chi connectivity index (χ3n) is 3.02. The van der Waals surface area contributed by atoms with Gasteiger partial charge in [-0.2, -0.15) is 0 Å². The lowest BCUT2D eigenvalue weighted by Crippen LogP contribution is -2.29. The first-order chi connectivity index (χ1) is 9.34. The van der Waals surface area contributed by atoms with Crippen LogP contribution in [0.3, 0.4) is 0 Å². The van der Waals surface area contributed by atoms with Gasteiger partial charge in [-0.25, -0.2) is 17.1 Å². The molecule has 114 valence electrons. The number of rotatable bonds is 7. The summed E-state index contributed by atoms with van der Waals surface area (Å²) in [4.78, 5) is -0.0342. The quantitative estimate of drug-likeness (QED) is 0.572. The molecule has 0 aliphatic rings. The molecule has 7 heteroatoms. The lowest BCUT2D eigenvalue weighted by atomic mass is 10.1. The Hall–Kier alpha value is -0.690. The number of sulfonamides is 1. The minimum atomic E-state index is -3.73. The monoisotopic (exact) mass is 323 g/mol. The zero-order valence-electron chi connectivity index (χ0n) is 11.8. The highest BCUT2D eigenvalue weighted by Crippen LogP contribution is 2.24. The molecule has 0 aliphatic carbocycles. The standard InChI is InChI=1S/C13H19ClFNO3S/c1-10-12(15)7-11(9-14)8-13(10)20(17,18)16(2)5-4-6-19-3/h7-8H,4-6,9H2,1-3H3. The molecule has 0 saturated heterocycles. The summed E-state index contributed by atoms with van der Waals surface area (Å²) in [6.07, 6.45) is 0.572. The highest BCUT2D eigenvalue weighted by molar-refractivity contribution is 7.89. The summed E-state index contributed by atoms with van der Waals surface area (Å²) in [7, 11) is -0.705. The van der Waals surface area contributed by atoms with E-state index in [2.05, 4.69) is 0 Å². The zero-order valence-corrected chi connectivity index (χ0v) is 13.4. The Balaban J connectivity index is 3.11. The van der Waals surface area contributed by atoms with Crippen LogP contribution >= 0.6 is 11.6 Å². The lowest BCUT2D eigenvalue weighted by molar-refractivity contribution is 0.189. The van der Waals surface area contributed by atoms with E-state index < -0.39 is 15.8 Å². The van der Waals surface area contributed by atoms with Gasteiger partial charge in [0.25, 0.3) is 0 Å². The summed E-state index contributed by atoms with van der Waals surface area (Å²) in [6.45, 7) is 2.22. The van der Waals surface area contributed by atoms with Gasteiger partial charge in [-0.15, -0.1) is 11.6 Å². The van der Waals surface area contributed by atoms with Crippen molar-refractivity contribution in [2.24, 2.45) is 0 Å². The Morgan fingerprint density at radius 1 is 1.40 bits per heavy atom. The molecular formula is C13H19ClFNO3S. The molecule has 0 aromatic heterocycles. The molecule has 0 aliphatic heterocycles. The number of hydrogen-bond acceptors (Lipinski definition) is 3. The van der Waals surface area contributed by atoms with Gasteiger partial charge in [0.1, 0.15) is 5.82 Å². The molecule has 0 fully saturated rings. The van der Waals surface area contributed by atoms with E-state index in [9.17, 15) is 12.8 Å². The van der Waals surface area contributed by atoms with Crippen LogP contribution in [0, 0.1) is 12.7 Å². The maximum atomic E-state index is 13.8. The van der Waals surface area contributed by atoms with Crippen LogP contribution in [0.25, 0.3) is 0 Å². The van der Waals surface area contributed by atoms with Crippen molar-refractivity contribution >= 4 is 21.6 Å². The highest BCUT2D eigenvalue weighted by Gasteiger charge is 2.24. The number of nitrogens with zero attached hydrogens (tertiary/aromatic N) is 1. The van der Waals surface area contributed by atoms with Crippen LogP contribution in [-0.4, -0.2) is 40.0 Å². The fourth-order valence-corrected chi connectivity index (χ4v) is 3.42. The second-order valence-corrected chi connectivity index (χ2v) is 6.79. The maximum Gasteiger partial charge on any atom is 0.243 e. The van der Waals surface area contributed by atoms with Crippen LogP contribution < -0.4 is 0 Å². The number of methoxy groups -OCH3 is 1. The summed E-state index contributed by atoms with van der Waals surface area (Å²) in [5, 5.41) is 0. The largest absolute Gasteiger partial charge is 0.385 e. The van der Waals surface area contributed by atoms with Crippen molar-refractivity contribution in [3.8, 4) is 0 Å². The number of hydrogen-bond donors (Lipinski definition) is 0. The molecule has 20 heavy (non-hydrogen) atoms. The Morgan fingerprint density at radius 3 is 2.60 bits per heavy atom. The normalized spacial score (nSPS) is 12.1. The minimum absolute atomic E-state index is 0.0342. The summed E-state index contributed by atoms with van der Waals surface area (Å²) < 4.78 is 44.7. The molecule has 0 heterocycles. The molecule has 4 nitrogen and oxygen atoms in total. The lowest BCUT2D eigenvalue weighted by Gasteiger charge is -2.19. The fraction of sp³-hybridized carbons (Fsp3) is 0.538. The Labute approximate surface area is 124 Å². The van der Waals surface area contributed by atoms with E-state index in [1.807, 2.05) is 0 Å². The summed E-state index contributed by atoms with van der Waals surface area (Å²) >= 11 is 5.66. The molecule has 0 radical (unpaired) electrons. The fourth-order valence-electron chi connectivity index (χ4n) is 1.77. The molecule has 0 N–H and O–H groups in total. The van der Waals surface area contributed by atoms with Crippen molar-refractivity contribution in [3.05, 3.63) is 29.1 Å². The number of alkyl halides is 1. The van der Waals surface area contributed by atoms with E-state index in [1.165, 1.54) is 30.4 Å². The number of ether oxygens (including phenoxy) is 1. The van der Waals surface area contributed by atoms with Gasteiger partial charge in [0.2, 0.25) is 10.0 Å². The molecule has 1 aromatic carbocycles. The van der Waals surface area contributed by atoms with Crippen molar-refractivity contribution in [2.75, 3.05) is 27.3 Å². The molecule has 0 amide bonds. The van der Waals surface area contributed by atoms with Gasteiger partial charge in [0.15, 0.2) is 0 Å². The third-order valence-corrected chi connectivity index (χ3v) is 5.31. The molecule has 0 atom stereocenters. The second-order valence-electron chi connectivity index (χ2n) is 4.51. The van der Waals surface area contributed by atoms with Gasteiger partial charge in [0, 0.05) is 38.8 Å². The van der Waals surface area contributed by atoms with Crippen molar-refractivity contribution in [2.45, 2.75) is 24.1 Å². The summed E-state index contributed by atoms with van der Waals surface area (Å²) in [6, 6.07) is 2.68. The van der Waals surface area contributed by atoms with Crippen LogP contribution in [-0.2, 0) is 20.6 Å². The number of halogens is 2. The van der Waals surface area contributed by atoms with Gasteiger partial charge in [-0.1, -0.05) is 0 Å². The predicted octanol–water partition coefficient (Wildman–Crippen LogP) is 2.53. The van der Waals surface area contributed by atoms with Gasteiger partial charge in [0.05, 0.1) is 4.90 Å². The third kappa shape index (κ3) is 3.91. The van der Waals surface area contributed by atoms with E-state index in [0.29, 0.717) is 25.1 Å². The van der Waals surface area contributed by atoms with Crippen molar-refractivity contribution in [1.82, 2.24) is 4.31 Å². The van der Waals surface area contributed by atoms with Crippen LogP contribution in [0.2, 0.25) is 0 Å². The minimum Gasteiger partial charge on any atom is -0.385 e. The second kappa shape index (κ2) is 7.36. The van der Waals surface area contributed by atoms with Crippen LogP contribution in [0.5, 0.6) is 0 Å². The zero-order chi connectivity index (χ0) is 15.3. The molecule has 1 aromatic rings. The maximum absolute atomic E-state index is 13.8. The summed E-state index contributed by atoms with van der Waals surface area (Å²) in [5.41, 5.74) is 0.552. The first-order valence-electron chi connectivity index (χ1n) is 6.14. The van der Waals surface area contributed by atoms with E-state index in [-0.39, 0.29) is 16.3 Å². The topological polar surface area (TPSA) is 46.6 Å². The molecule has 0 bridgehead atoms. The van der Waals surface area contributed by atoms with E-state index in [1.54, 1.807) is 7.11 Å². The van der Waals surface area contributed by atoms with E-state index in [4.69, 9.17) is 16.3 Å². The molecule has 1 rings (SSSR count). The first kappa shape index (κ1) is 17.4. The molecule has 0 saturated carbocycles. The number of benzene rings is 1. The highest BCUT2D eigenvalue weighted by atomic mass is 35.5. The Kier molecular flexibility index (Phi) is 6.39. The molecule has 0 unspecified atom stereocenters. The Bertz CT molecular complexity index is 563. The van der Waals surface area contributed by atoms with Crippen LogP contribution in [0.4, 0.5) is 4.39 Å². The SMILES string of the molecule is COCCCN(C)S(=O)(=O)c1cc(CCl)cc(F)c1C. The predicted molar refractivity (Wildman–Crippen MR) is 77.0 cm³/mol. The van der Waals surface area contributed by atoms with Crippen molar-refractivity contribution in [3.63, 3.8) is 0 Å². The van der Waals surface area contributed by atoms with Gasteiger partial charge in [-0.05, 0) is 31.0 Å². The van der Waals surface area contributed by atoms with Gasteiger partial charge < -0.3 is 4.74 Å². The smallest absolute Gasteiger partial charge is 0.243 e. The van der Waals surface area contributed by atoms with Crippen molar-refractivity contribution < 1.29 is 17.5 Å². The van der Waals surface area contributed by atoms with Crippen molar-refractivity contribution in [1.29, 1.82) is 0 Å². The molecular weight excluding hydrogens is 305 g/mol. The van der Waals surface area contributed by atoms with Crippen LogP contribution in [0.15, 0.2) is 17.0 Å². The van der Waals surface area contributed by atoms with E-state index >= 15 is 0 Å². The first-order valence-corrected chi connectivity index (χ1v) is 8.12. The van der Waals surface area contributed by atoms with Gasteiger partial charge >= 0.3 is 0 Å². The average molecular weight is 324 g/mol. The Morgan fingerprint density at radius 2 is 2.05 bits per heavy atom. The van der Waals surface area contributed by atoms with Gasteiger partial charge in [-0.3, -0.25) is 0 Å². The van der Waals surface area contributed by atoms with Crippen LogP contribution in [0.1, 0.15) is 17.5 Å². The van der Waals surface area contributed by atoms with E-state index in [0.717, 1.165) is 0 Å². The molecule has 0 spiro atoms. The summed E-state index contributed by atoms with van der Waals surface area (Å²) in [5.74, 6) is -0.500. The average Bonchev–Trinajstić information content (AvgIpc) is 2.41.